The molecule has 3 rings (SSSR count). The molecule has 2 bridgehead atoms. The van der Waals surface area contributed by atoms with Crippen molar-refractivity contribution < 1.29 is 22.0 Å². The number of hydrogen-bond acceptors (Lipinski definition) is 2. The Kier molecular flexibility index (Phi) is 4.29. The molecule has 0 N–H and O–H groups in total. The first kappa shape index (κ1) is 16.9. The number of fused-ring (bicyclic) bond motifs is 2. The summed E-state index contributed by atoms with van der Waals surface area (Å²) in [5.74, 6) is 0. The van der Waals surface area contributed by atoms with Gasteiger partial charge in [0.1, 0.15) is 0 Å². The molecule has 0 amide bonds. The van der Waals surface area contributed by atoms with Gasteiger partial charge in [0.2, 0.25) is 6.43 Å². The zero-order valence-electron chi connectivity index (χ0n) is 12.2. The molecule has 0 radical (unpaired) electrons. The van der Waals surface area contributed by atoms with Crippen LogP contribution in [-0.2, 0) is 5.41 Å². The highest BCUT2D eigenvalue weighted by Crippen LogP contribution is 2.51. The lowest BCUT2D eigenvalue weighted by atomic mass is 9.70. The van der Waals surface area contributed by atoms with E-state index in [0.29, 0.717) is 18.4 Å². The topological polar surface area (TPSA) is 16.1 Å². The molecule has 128 valence electrons. The van der Waals surface area contributed by atoms with Gasteiger partial charge in [-0.15, -0.1) is 0 Å². The van der Waals surface area contributed by atoms with Crippen LogP contribution < -0.4 is 0 Å². The molecular formula is C15H16ClF5N2. The van der Waals surface area contributed by atoms with E-state index in [2.05, 4.69) is 4.98 Å². The monoisotopic (exact) mass is 354 g/mol. The maximum absolute atomic E-state index is 13.9. The molecular weight excluding hydrogens is 339 g/mol. The van der Waals surface area contributed by atoms with Gasteiger partial charge < -0.3 is 0 Å². The molecule has 2 saturated heterocycles. The van der Waals surface area contributed by atoms with E-state index in [9.17, 15) is 22.0 Å². The molecule has 1 aromatic heterocycles. The molecule has 1 aromatic rings. The van der Waals surface area contributed by atoms with Gasteiger partial charge in [0.05, 0.1) is 17.0 Å². The van der Waals surface area contributed by atoms with Gasteiger partial charge in [-0.25, -0.2) is 8.78 Å². The fraction of sp³-hybridized carbons (Fsp3) is 0.667. The average Bonchev–Trinajstić information content (AvgIpc) is 2.69. The van der Waals surface area contributed by atoms with E-state index in [-0.39, 0.29) is 17.9 Å². The molecule has 23 heavy (non-hydrogen) atoms. The third-order valence-electron chi connectivity index (χ3n) is 5.03. The summed E-state index contributed by atoms with van der Waals surface area (Å²) in [7, 11) is 0. The number of aromatic nitrogens is 1. The van der Waals surface area contributed by atoms with Crippen LogP contribution in [0.3, 0.4) is 0 Å². The Bertz CT molecular complexity index is 563. The maximum atomic E-state index is 13.9. The van der Waals surface area contributed by atoms with Crippen LogP contribution in [0.15, 0.2) is 18.5 Å². The first-order chi connectivity index (χ1) is 10.7. The highest BCUT2D eigenvalue weighted by molar-refractivity contribution is 6.30. The van der Waals surface area contributed by atoms with Gasteiger partial charge in [0, 0.05) is 24.5 Å². The van der Waals surface area contributed by atoms with Crippen molar-refractivity contribution in [3.05, 3.63) is 29.0 Å². The van der Waals surface area contributed by atoms with Crippen LogP contribution in [0.25, 0.3) is 0 Å². The quantitative estimate of drug-likeness (QED) is 0.747. The molecule has 2 aliphatic heterocycles. The van der Waals surface area contributed by atoms with Crippen LogP contribution >= 0.6 is 11.6 Å². The second kappa shape index (κ2) is 5.84. The largest absolute Gasteiger partial charge is 0.401 e. The van der Waals surface area contributed by atoms with Crippen LogP contribution in [0.4, 0.5) is 22.0 Å². The van der Waals surface area contributed by atoms with Crippen LogP contribution in [0.1, 0.15) is 31.2 Å². The van der Waals surface area contributed by atoms with Crippen LogP contribution in [0.5, 0.6) is 0 Å². The fourth-order valence-corrected chi connectivity index (χ4v) is 4.24. The maximum Gasteiger partial charge on any atom is 0.401 e. The molecule has 0 spiro atoms. The number of piperidine rings is 1. The zero-order valence-corrected chi connectivity index (χ0v) is 12.9. The molecule has 2 nitrogen and oxygen atoms in total. The van der Waals surface area contributed by atoms with E-state index in [1.807, 2.05) is 0 Å². The van der Waals surface area contributed by atoms with Crippen molar-refractivity contribution in [2.24, 2.45) is 0 Å². The first-order valence-electron chi connectivity index (χ1n) is 7.43. The van der Waals surface area contributed by atoms with E-state index in [1.54, 1.807) is 0 Å². The molecule has 0 aliphatic carbocycles. The number of halogens is 6. The summed E-state index contributed by atoms with van der Waals surface area (Å²) in [6.07, 6.45) is -3.23. The summed E-state index contributed by atoms with van der Waals surface area (Å²) >= 11 is 5.87. The Morgan fingerprint density at radius 3 is 2.30 bits per heavy atom. The lowest BCUT2D eigenvalue weighted by Crippen LogP contribution is -2.54. The van der Waals surface area contributed by atoms with Gasteiger partial charge in [0.15, 0.2) is 0 Å². The number of nitrogens with zero attached hydrogens (tertiary/aromatic N) is 2. The predicted molar refractivity (Wildman–Crippen MR) is 75.7 cm³/mol. The van der Waals surface area contributed by atoms with E-state index in [1.165, 1.54) is 23.4 Å². The minimum atomic E-state index is -4.32. The van der Waals surface area contributed by atoms with Crippen molar-refractivity contribution in [3.8, 4) is 0 Å². The molecule has 2 atom stereocenters. The molecule has 8 heteroatoms. The second-order valence-corrected chi connectivity index (χ2v) is 6.87. The summed E-state index contributed by atoms with van der Waals surface area (Å²) in [5, 5.41) is 0.257. The number of alkyl halides is 5. The summed E-state index contributed by atoms with van der Waals surface area (Å²) in [6, 6.07) is 0.492. The first-order valence-corrected chi connectivity index (χ1v) is 7.81. The lowest BCUT2D eigenvalue weighted by molar-refractivity contribution is -0.160. The fourth-order valence-electron chi connectivity index (χ4n) is 4.07. The van der Waals surface area contributed by atoms with Crippen molar-refractivity contribution in [2.45, 2.75) is 55.8 Å². The van der Waals surface area contributed by atoms with Gasteiger partial charge in [-0.3, -0.25) is 9.88 Å². The standard InChI is InChI=1S/C15H16ClF5N2/c16-10-3-9(6-22-7-10)14(13(17)18)4-11-1-2-12(5-14)23(11)8-15(19,20)21/h3,6-7,11-13H,1-2,4-5,8H2. The Hall–Kier alpha value is -0.950. The summed E-state index contributed by atoms with van der Waals surface area (Å²) in [6.45, 7) is -1.03. The third-order valence-corrected chi connectivity index (χ3v) is 5.24. The second-order valence-electron chi connectivity index (χ2n) is 6.43. The average molecular weight is 355 g/mol. The van der Waals surface area contributed by atoms with Gasteiger partial charge in [-0.2, -0.15) is 13.2 Å². The minimum Gasteiger partial charge on any atom is -0.289 e. The van der Waals surface area contributed by atoms with Gasteiger partial charge in [-0.05, 0) is 37.3 Å². The summed E-state index contributed by atoms with van der Waals surface area (Å²) in [5.41, 5.74) is -1.14. The Morgan fingerprint density at radius 1 is 1.22 bits per heavy atom. The molecule has 0 saturated carbocycles. The van der Waals surface area contributed by atoms with Crippen molar-refractivity contribution in [1.82, 2.24) is 9.88 Å². The Labute approximate surface area is 135 Å². The smallest absolute Gasteiger partial charge is 0.289 e. The Balaban J connectivity index is 1.91. The number of rotatable bonds is 3. The van der Waals surface area contributed by atoms with Gasteiger partial charge in [0.25, 0.3) is 0 Å². The van der Waals surface area contributed by atoms with Crippen molar-refractivity contribution >= 4 is 11.6 Å². The number of hydrogen-bond donors (Lipinski definition) is 0. The van der Waals surface area contributed by atoms with Crippen molar-refractivity contribution in [1.29, 1.82) is 0 Å². The summed E-state index contributed by atoms with van der Waals surface area (Å²) < 4.78 is 66.0. The highest BCUT2D eigenvalue weighted by atomic mass is 35.5. The van der Waals surface area contributed by atoms with E-state index >= 15 is 0 Å². The van der Waals surface area contributed by atoms with Crippen molar-refractivity contribution in [3.63, 3.8) is 0 Å². The highest BCUT2D eigenvalue weighted by Gasteiger charge is 2.55. The van der Waals surface area contributed by atoms with Crippen LogP contribution in [0, 0.1) is 0 Å². The molecule has 0 aromatic carbocycles. The zero-order chi connectivity index (χ0) is 16.8. The minimum absolute atomic E-state index is 0.000725. The van der Waals surface area contributed by atoms with Gasteiger partial charge in [-0.1, -0.05) is 11.6 Å². The molecule has 3 heterocycles. The van der Waals surface area contributed by atoms with E-state index in [0.717, 1.165) is 0 Å². The van der Waals surface area contributed by atoms with Crippen LogP contribution in [-0.4, -0.2) is 41.1 Å². The van der Waals surface area contributed by atoms with E-state index in [4.69, 9.17) is 11.6 Å². The molecule has 2 fully saturated rings. The van der Waals surface area contributed by atoms with E-state index < -0.39 is 36.6 Å². The molecule has 2 aliphatic rings. The third kappa shape index (κ3) is 3.18. The lowest BCUT2D eigenvalue weighted by Gasteiger charge is -2.46. The van der Waals surface area contributed by atoms with Crippen molar-refractivity contribution in [2.75, 3.05) is 6.54 Å². The SMILES string of the molecule is FC(F)C1(c2cncc(Cl)c2)CC2CCC(C1)N2CC(F)(F)F. The molecule has 2 unspecified atom stereocenters. The summed E-state index contributed by atoms with van der Waals surface area (Å²) in [4.78, 5) is 5.22. The number of pyridine rings is 1. The van der Waals surface area contributed by atoms with Gasteiger partial charge >= 0.3 is 6.18 Å². The predicted octanol–water partition coefficient (Wildman–Crippen LogP) is 4.43. The Morgan fingerprint density at radius 2 is 1.83 bits per heavy atom. The van der Waals surface area contributed by atoms with Crippen LogP contribution in [0.2, 0.25) is 5.02 Å². The normalized spacial score (nSPS) is 31.8.